The summed E-state index contributed by atoms with van der Waals surface area (Å²) in [5.74, 6) is 0.114. The maximum atomic E-state index is 12.6. The second-order valence-electron chi connectivity index (χ2n) is 7.90. The molecule has 1 aliphatic heterocycles. The summed E-state index contributed by atoms with van der Waals surface area (Å²) in [6.07, 6.45) is 7.18. The molecule has 1 aromatic carbocycles. The summed E-state index contributed by atoms with van der Waals surface area (Å²) in [6.45, 7) is 3.26. The molecule has 0 bridgehead atoms. The number of rotatable bonds is 4. The minimum Gasteiger partial charge on any atom is -0.383 e. The number of amides is 1. The van der Waals surface area contributed by atoms with Gasteiger partial charge in [-0.25, -0.2) is 19.6 Å². The fraction of sp³-hybridized carbons (Fsp3) is 0.273. The van der Waals surface area contributed by atoms with Crippen LogP contribution in [-0.4, -0.2) is 48.6 Å². The van der Waals surface area contributed by atoms with Crippen molar-refractivity contribution in [3.05, 3.63) is 47.2 Å². The standard InChI is InChI=1S/C22H21N9OS/c1-13-9-25-22(33-13)28-21(32)15-6-4-14(5-7-15)18-17-19(24)26-12-27-20(17)31(29-18)16-3-2-8-30(10-16)11-23/h4-7,9,12,16H,2-3,8,10H2,1H3,(H2,24,26,27)(H,25,28,32). The summed E-state index contributed by atoms with van der Waals surface area (Å²) < 4.78 is 1.86. The molecule has 1 saturated heterocycles. The van der Waals surface area contributed by atoms with E-state index in [9.17, 15) is 10.1 Å². The van der Waals surface area contributed by atoms with Gasteiger partial charge in [0.05, 0.1) is 18.0 Å². The summed E-state index contributed by atoms with van der Waals surface area (Å²) in [5, 5.41) is 18.2. The van der Waals surface area contributed by atoms with Gasteiger partial charge >= 0.3 is 0 Å². The van der Waals surface area contributed by atoms with E-state index in [-0.39, 0.29) is 11.9 Å². The number of nitrogens with two attached hydrogens (primary N) is 1. The number of hydrogen-bond donors (Lipinski definition) is 2. The fourth-order valence-corrected chi connectivity index (χ4v) is 4.72. The number of piperidine rings is 1. The van der Waals surface area contributed by atoms with Gasteiger partial charge in [-0.05, 0) is 31.9 Å². The van der Waals surface area contributed by atoms with Crippen LogP contribution in [0.1, 0.15) is 34.1 Å². The first-order valence-corrected chi connectivity index (χ1v) is 11.3. The molecule has 33 heavy (non-hydrogen) atoms. The molecule has 1 unspecified atom stereocenters. The van der Waals surface area contributed by atoms with Crippen molar-refractivity contribution in [2.24, 2.45) is 0 Å². The molecule has 5 rings (SSSR count). The molecule has 0 spiro atoms. The lowest BCUT2D eigenvalue weighted by atomic mass is 10.1. The number of likely N-dealkylation sites (tertiary alicyclic amines) is 1. The van der Waals surface area contributed by atoms with E-state index in [0.717, 1.165) is 29.8 Å². The number of carbonyl (C=O) groups is 1. The smallest absolute Gasteiger partial charge is 0.257 e. The number of carbonyl (C=O) groups excluding carboxylic acids is 1. The SMILES string of the molecule is Cc1cnc(NC(=O)c2ccc(-c3nn(C4CCCN(C#N)C4)c4ncnc(N)c34)cc2)s1. The quantitative estimate of drug-likeness (QED) is 0.444. The topological polar surface area (TPSA) is 139 Å². The first kappa shape index (κ1) is 20.8. The number of anilines is 2. The largest absolute Gasteiger partial charge is 0.383 e. The van der Waals surface area contributed by atoms with Crippen LogP contribution in [-0.2, 0) is 0 Å². The zero-order valence-electron chi connectivity index (χ0n) is 17.9. The number of nitrogens with zero attached hydrogens (tertiary/aromatic N) is 7. The molecule has 3 aromatic heterocycles. The lowest BCUT2D eigenvalue weighted by Gasteiger charge is -2.28. The van der Waals surface area contributed by atoms with Crippen LogP contribution in [0.2, 0.25) is 0 Å². The van der Waals surface area contributed by atoms with E-state index in [2.05, 4.69) is 26.5 Å². The van der Waals surface area contributed by atoms with Gasteiger partial charge in [0.1, 0.15) is 17.8 Å². The zero-order chi connectivity index (χ0) is 22.9. The van der Waals surface area contributed by atoms with E-state index in [1.54, 1.807) is 23.2 Å². The van der Waals surface area contributed by atoms with Crippen LogP contribution in [0.15, 0.2) is 36.8 Å². The Morgan fingerprint density at radius 1 is 1.27 bits per heavy atom. The third-order valence-electron chi connectivity index (χ3n) is 5.66. The molecule has 0 aliphatic carbocycles. The molecule has 4 aromatic rings. The van der Waals surface area contributed by atoms with Gasteiger partial charge in [0.2, 0.25) is 0 Å². The summed E-state index contributed by atoms with van der Waals surface area (Å²) in [7, 11) is 0. The van der Waals surface area contributed by atoms with Gasteiger partial charge in [-0.1, -0.05) is 12.1 Å². The van der Waals surface area contributed by atoms with Crippen LogP contribution in [0.5, 0.6) is 0 Å². The highest BCUT2D eigenvalue weighted by molar-refractivity contribution is 7.15. The molecule has 1 atom stereocenters. The number of nitrogens with one attached hydrogen (secondary N) is 1. The zero-order valence-corrected chi connectivity index (χ0v) is 18.7. The predicted molar refractivity (Wildman–Crippen MR) is 125 cm³/mol. The summed E-state index contributed by atoms with van der Waals surface area (Å²) >= 11 is 1.42. The Bertz CT molecular complexity index is 1370. The van der Waals surface area contributed by atoms with Crippen LogP contribution in [0.4, 0.5) is 10.9 Å². The monoisotopic (exact) mass is 459 g/mol. The first-order valence-electron chi connectivity index (χ1n) is 10.5. The number of aryl methyl sites for hydroxylation is 1. The lowest BCUT2D eigenvalue weighted by Crippen LogP contribution is -2.33. The van der Waals surface area contributed by atoms with Gasteiger partial charge in [0, 0.05) is 28.7 Å². The number of aromatic nitrogens is 5. The summed E-state index contributed by atoms with van der Waals surface area (Å²) in [5.41, 5.74) is 8.83. The first-order chi connectivity index (χ1) is 16.0. The van der Waals surface area contributed by atoms with Crippen molar-refractivity contribution in [3.63, 3.8) is 0 Å². The Hall–Kier alpha value is -4.04. The van der Waals surface area contributed by atoms with E-state index < -0.39 is 0 Å². The van der Waals surface area contributed by atoms with E-state index >= 15 is 0 Å². The molecule has 1 amide bonds. The number of nitrogen functional groups attached to an aromatic ring is 1. The van der Waals surface area contributed by atoms with Crippen molar-refractivity contribution in [1.29, 1.82) is 5.26 Å². The minimum atomic E-state index is -0.229. The Morgan fingerprint density at radius 3 is 2.82 bits per heavy atom. The van der Waals surface area contributed by atoms with Crippen LogP contribution in [0, 0.1) is 18.4 Å². The number of benzene rings is 1. The molecule has 0 saturated carbocycles. The highest BCUT2D eigenvalue weighted by Crippen LogP contribution is 2.33. The van der Waals surface area contributed by atoms with Gasteiger partial charge in [0.15, 0.2) is 17.0 Å². The van der Waals surface area contributed by atoms with E-state index in [4.69, 9.17) is 10.8 Å². The Kier molecular flexibility index (Phi) is 5.35. The van der Waals surface area contributed by atoms with Gasteiger partial charge in [-0.2, -0.15) is 10.4 Å². The number of nitriles is 1. The molecule has 4 heterocycles. The third-order valence-corrected chi connectivity index (χ3v) is 6.49. The van der Waals surface area contributed by atoms with Crippen LogP contribution in [0.25, 0.3) is 22.3 Å². The Balaban J connectivity index is 1.48. The van der Waals surface area contributed by atoms with Gasteiger partial charge in [-0.15, -0.1) is 11.3 Å². The second-order valence-corrected chi connectivity index (χ2v) is 9.14. The maximum Gasteiger partial charge on any atom is 0.257 e. The highest BCUT2D eigenvalue weighted by Gasteiger charge is 2.26. The highest BCUT2D eigenvalue weighted by atomic mass is 32.1. The fourth-order valence-electron chi connectivity index (χ4n) is 4.06. The van der Waals surface area contributed by atoms with Crippen molar-refractivity contribution >= 4 is 39.2 Å². The van der Waals surface area contributed by atoms with Crippen LogP contribution < -0.4 is 11.1 Å². The Labute approximate surface area is 193 Å². The lowest BCUT2D eigenvalue weighted by molar-refractivity contribution is 0.102. The second kappa shape index (κ2) is 8.48. The summed E-state index contributed by atoms with van der Waals surface area (Å²) in [4.78, 5) is 28.1. The van der Waals surface area contributed by atoms with Crippen molar-refractivity contribution in [1.82, 2.24) is 29.6 Å². The van der Waals surface area contributed by atoms with Crippen molar-refractivity contribution in [2.45, 2.75) is 25.8 Å². The minimum absolute atomic E-state index is 0.00996. The van der Waals surface area contributed by atoms with E-state index in [0.29, 0.717) is 39.8 Å². The Morgan fingerprint density at radius 2 is 2.09 bits per heavy atom. The van der Waals surface area contributed by atoms with Crippen molar-refractivity contribution in [3.8, 4) is 17.5 Å². The normalized spacial score (nSPS) is 16.0. The van der Waals surface area contributed by atoms with Gasteiger partial charge in [0.25, 0.3) is 5.91 Å². The van der Waals surface area contributed by atoms with Crippen molar-refractivity contribution < 1.29 is 4.79 Å². The summed E-state index contributed by atoms with van der Waals surface area (Å²) in [6, 6.07) is 7.17. The maximum absolute atomic E-state index is 12.6. The molecule has 1 aliphatic rings. The molecule has 3 N–H and O–H groups in total. The van der Waals surface area contributed by atoms with E-state index in [1.807, 2.05) is 23.7 Å². The number of hydrogen-bond acceptors (Lipinski definition) is 9. The predicted octanol–water partition coefficient (Wildman–Crippen LogP) is 3.21. The average molecular weight is 460 g/mol. The van der Waals surface area contributed by atoms with Crippen LogP contribution >= 0.6 is 11.3 Å². The molecule has 11 heteroatoms. The van der Waals surface area contributed by atoms with Crippen LogP contribution in [0.3, 0.4) is 0 Å². The molecular formula is C22H21N9OS. The average Bonchev–Trinajstić information content (AvgIpc) is 3.43. The molecule has 1 fully saturated rings. The van der Waals surface area contributed by atoms with Crippen molar-refractivity contribution in [2.75, 3.05) is 24.1 Å². The third kappa shape index (κ3) is 3.96. The van der Waals surface area contributed by atoms with E-state index in [1.165, 1.54) is 17.7 Å². The molecular weight excluding hydrogens is 438 g/mol. The molecule has 166 valence electrons. The van der Waals surface area contributed by atoms with Gasteiger partial charge in [-0.3, -0.25) is 10.1 Å². The molecule has 0 radical (unpaired) electrons. The molecule has 10 nitrogen and oxygen atoms in total. The number of fused-ring (bicyclic) bond motifs is 1. The number of thiazole rings is 1. The van der Waals surface area contributed by atoms with Gasteiger partial charge < -0.3 is 10.6 Å².